The first-order valence-corrected chi connectivity index (χ1v) is 8.14. The van der Waals surface area contributed by atoms with Crippen LogP contribution < -0.4 is 4.46 Å². The molecule has 0 unspecified atom stereocenters. The monoisotopic (exact) mass is 306 g/mol. The number of allylic oxidation sites excluding steroid dienone is 1. The van der Waals surface area contributed by atoms with Crippen LogP contribution >= 0.6 is 0 Å². The number of aromatic nitrogens is 2. The van der Waals surface area contributed by atoms with Gasteiger partial charge in [-0.05, 0) is 0 Å². The van der Waals surface area contributed by atoms with E-state index >= 15 is 0 Å². The molecule has 0 aliphatic heterocycles. The van der Waals surface area contributed by atoms with Gasteiger partial charge in [0.15, 0.2) is 0 Å². The molecule has 0 fully saturated rings. The van der Waals surface area contributed by atoms with E-state index in [9.17, 15) is 0 Å². The zero-order chi connectivity index (χ0) is 12.6. The fourth-order valence-corrected chi connectivity index (χ4v) is 3.40. The van der Waals surface area contributed by atoms with Crippen LogP contribution in [0.25, 0.3) is 5.70 Å². The fourth-order valence-electron chi connectivity index (χ4n) is 1.67. The van der Waals surface area contributed by atoms with Crippen LogP contribution in [0, 0.1) is 0 Å². The Labute approximate surface area is 115 Å². The van der Waals surface area contributed by atoms with E-state index in [1.165, 1.54) is 23.0 Å². The van der Waals surface area contributed by atoms with Gasteiger partial charge in [0, 0.05) is 0 Å². The van der Waals surface area contributed by atoms with Crippen molar-refractivity contribution in [3.8, 4) is 0 Å². The van der Waals surface area contributed by atoms with Crippen LogP contribution in [0.4, 0.5) is 0 Å². The second-order valence-electron chi connectivity index (χ2n) is 4.11. The van der Waals surface area contributed by atoms with Gasteiger partial charge in [0.05, 0.1) is 0 Å². The first-order chi connectivity index (χ1) is 8.90. The quantitative estimate of drug-likeness (QED) is 0.750. The van der Waals surface area contributed by atoms with Crippen LogP contribution in [0.15, 0.2) is 54.0 Å². The second kappa shape index (κ2) is 7.20. The van der Waals surface area contributed by atoms with Crippen molar-refractivity contribution in [1.82, 2.24) is 9.55 Å². The molecule has 0 atom stereocenters. The van der Waals surface area contributed by atoms with Crippen LogP contribution in [-0.4, -0.2) is 24.5 Å². The predicted molar refractivity (Wildman–Crippen MR) is 77.9 cm³/mol. The van der Waals surface area contributed by atoms with Crippen molar-refractivity contribution in [2.24, 2.45) is 0 Å². The van der Waals surface area contributed by atoms with Gasteiger partial charge in [-0.15, -0.1) is 0 Å². The van der Waals surface area contributed by atoms with E-state index < -0.39 is 0 Å². The normalized spacial score (nSPS) is 11.7. The van der Waals surface area contributed by atoms with E-state index in [0.29, 0.717) is 15.0 Å². The molecular weight excluding hydrogens is 287 g/mol. The number of hydrogen-bond acceptors (Lipinski definition) is 1. The zero-order valence-corrected chi connectivity index (χ0v) is 12.3. The fraction of sp³-hybridized carbons (Fsp3) is 0.267. The van der Waals surface area contributed by atoms with Crippen molar-refractivity contribution in [2.45, 2.75) is 26.2 Å². The zero-order valence-electron chi connectivity index (χ0n) is 10.6. The Morgan fingerprint density at radius 2 is 2.17 bits per heavy atom. The summed E-state index contributed by atoms with van der Waals surface area (Å²) in [6, 6.07) is 10.7. The van der Waals surface area contributed by atoms with Gasteiger partial charge in [-0.1, -0.05) is 0 Å². The van der Waals surface area contributed by atoms with Crippen LogP contribution in [0.1, 0.15) is 26.2 Å². The Hall–Kier alpha value is -1.31. The third-order valence-electron chi connectivity index (χ3n) is 2.70. The molecule has 2 nitrogen and oxygen atoms in total. The molecule has 94 valence electrons. The molecule has 0 aliphatic rings. The predicted octanol–water partition coefficient (Wildman–Crippen LogP) is 2.90. The Kier molecular flexibility index (Phi) is 5.25. The van der Waals surface area contributed by atoms with Gasteiger partial charge in [0.25, 0.3) is 0 Å². The molecule has 0 amide bonds. The molecule has 1 aromatic carbocycles. The SMILES string of the molecule is CCCC/C(=C/[Se]c1ccccc1)n1ccnc1. The number of hydrogen-bond donors (Lipinski definition) is 0. The van der Waals surface area contributed by atoms with E-state index in [1.54, 1.807) is 0 Å². The molecule has 18 heavy (non-hydrogen) atoms. The minimum absolute atomic E-state index is 0.397. The first kappa shape index (κ1) is 13.1. The number of rotatable bonds is 6. The Morgan fingerprint density at radius 1 is 1.33 bits per heavy atom. The van der Waals surface area contributed by atoms with Gasteiger partial charge in [-0.3, -0.25) is 0 Å². The van der Waals surface area contributed by atoms with Crippen molar-refractivity contribution >= 4 is 25.1 Å². The molecule has 0 saturated heterocycles. The molecule has 1 heterocycles. The number of unbranched alkanes of at least 4 members (excludes halogenated alkanes) is 1. The summed E-state index contributed by atoms with van der Waals surface area (Å²) in [5.74, 6) is 0. The number of benzene rings is 1. The Bertz CT molecular complexity index is 474. The molecule has 0 spiro atoms. The first-order valence-electron chi connectivity index (χ1n) is 6.29. The van der Waals surface area contributed by atoms with Crippen LogP contribution in [-0.2, 0) is 0 Å². The molecule has 0 bridgehead atoms. The van der Waals surface area contributed by atoms with E-state index in [-0.39, 0.29) is 0 Å². The molecule has 0 aliphatic carbocycles. The summed E-state index contributed by atoms with van der Waals surface area (Å²) in [5.41, 5.74) is 1.37. The molecule has 1 aromatic heterocycles. The van der Waals surface area contributed by atoms with Gasteiger partial charge in [0.2, 0.25) is 0 Å². The number of imidazole rings is 1. The number of nitrogens with zero attached hydrogens (tertiary/aromatic N) is 2. The second-order valence-corrected chi connectivity index (χ2v) is 6.09. The maximum absolute atomic E-state index is 4.14. The van der Waals surface area contributed by atoms with E-state index in [2.05, 4.69) is 51.8 Å². The maximum atomic E-state index is 4.14. The third-order valence-corrected chi connectivity index (χ3v) is 4.66. The molecule has 2 aromatic rings. The molecule has 2 rings (SSSR count). The summed E-state index contributed by atoms with van der Waals surface area (Å²) in [6.45, 7) is 2.23. The average Bonchev–Trinajstić information content (AvgIpc) is 2.94. The summed E-state index contributed by atoms with van der Waals surface area (Å²) >= 11 is 0.397. The Morgan fingerprint density at radius 3 is 2.83 bits per heavy atom. The van der Waals surface area contributed by atoms with Gasteiger partial charge in [-0.2, -0.15) is 0 Å². The van der Waals surface area contributed by atoms with Crippen LogP contribution in [0.3, 0.4) is 0 Å². The van der Waals surface area contributed by atoms with Gasteiger partial charge in [0.1, 0.15) is 0 Å². The van der Waals surface area contributed by atoms with Crippen molar-refractivity contribution in [3.63, 3.8) is 0 Å². The van der Waals surface area contributed by atoms with Crippen LogP contribution in [0.2, 0.25) is 0 Å². The van der Waals surface area contributed by atoms with Crippen LogP contribution in [0.5, 0.6) is 0 Å². The summed E-state index contributed by atoms with van der Waals surface area (Å²) in [7, 11) is 0. The standard InChI is InChI=1S/C15H18N2Se/c1-2-3-7-14(17-11-10-16-13-17)12-18-15-8-5-4-6-9-15/h4-6,8-13H,2-3,7H2,1H3/b14-12-. The summed E-state index contributed by atoms with van der Waals surface area (Å²) in [5, 5.41) is 0. The van der Waals surface area contributed by atoms with Crippen molar-refractivity contribution in [3.05, 3.63) is 54.0 Å². The molecular formula is C15H18N2Se. The molecule has 0 radical (unpaired) electrons. The minimum atomic E-state index is 0.397. The van der Waals surface area contributed by atoms with Gasteiger partial charge < -0.3 is 0 Å². The summed E-state index contributed by atoms with van der Waals surface area (Å²) < 4.78 is 3.56. The van der Waals surface area contributed by atoms with E-state index in [0.717, 1.165) is 6.42 Å². The van der Waals surface area contributed by atoms with Gasteiger partial charge in [-0.25, -0.2) is 0 Å². The molecule has 0 saturated carbocycles. The average molecular weight is 305 g/mol. The summed E-state index contributed by atoms with van der Waals surface area (Å²) in [6.07, 6.45) is 9.35. The van der Waals surface area contributed by atoms with E-state index in [1.807, 2.05) is 18.7 Å². The Balaban J connectivity index is 2.09. The van der Waals surface area contributed by atoms with Gasteiger partial charge >= 0.3 is 115 Å². The topological polar surface area (TPSA) is 17.8 Å². The van der Waals surface area contributed by atoms with Crippen molar-refractivity contribution < 1.29 is 0 Å². The van der Waals surface area contributed by atoms with Crippen molar-refractivity contribution in [2.75, 3.05) is 0 Å². The molecule has 3 heteroatoms. The van der Waals surface area contributed by atoms with Crippen molar-refractivity contribution in [1.29, 1.82) is 0 Å². The molecule has 0 N–H and O–H groups in total. The third kappa shape index (κ3) is 3.86. The summed E-state index contributed by atoms with van der Waals surface area (Å²) in [4.78, 5) is 6.51. The van der Waals surface area contributed by atoms with E-state index in [4.69, 9.17) is 0 Å².